The smallest absolute Gasteiger partial charge is 0.317 e. The van der Waals surface area contributed by atoms with Gasteiger partial charge >= 0.3 is 12.0 Å². The summed E-state index contributed by atoms with van der Waals surface area (Å²) < 4.78 is 0. The van der Waals surface area contributed by atoms with E-state index in [4.69, 9.17) is 5.11 Å². The summed E-state index contributed by atoms with van der Waals surface area (Å²) in [7, 11) is 0. The third-order valence-corrected chi connectivity index (χ3v) is 3.06. The second-order valence-corrected chi connectivity index (χ2v) is 4.73. The summed E-state index contributed by atoms with van der Waals surface area (Å²) in [5, 5.41) is 20.9. The van der Waals surface area contributed by atoms with Crippen LogP contribution in [0, 0.1) is 5.92 Å². The SMILES string of the molecule is CC(CC(=O)O)NC(=O)N1CCC(C)C(O)C1. The van der Waals surface area contributed by atoms with Crippen LogP contribution in [0.4, 0.5) is 4.79 Å². The summed E-state index contributed by atoms with van der Waals surface area (Å²) in [5.41, 5.74) is 0. The molecular formula is C11H20N2O4. The second kappa shape index (κ2) is 5.86. The topological polar surface area (TPSA) is 89.9 Å². The molecule has 1 aliphatic rings. The number of carboxylic acids is 1. The first-order chi connectivity index (χ1) is 7.90. The fourth-order valence-electron chi connectivity index (χ4n) is 1.85. The van der Waals surface area contributed by atoms with Crippen molar-refractivity contribution in [2.45, 2.75) is 38.8 Å². The minimum Gasteiger partial charge on any atom is -0.481 e. The molecule has 1 aliphatic heterocycles. The van der Waals surface area contributed by atoms with Crippen LogP contribution in [0.3, 0.4) is 0 Å². The molecule has 6 heteroatoms. The zero-order valence-electron chi connectivity index (χ0n) is 10.2. The predicted octanol–water partition coefficient (Wildman–Crippen LogP) is 0.262. The number of amides is 2. The molecule has 3 N–H and O–H groups in total. The first-order valence-electron chi connectivity index (χ1n) is 5.85. The number of nitrogens with zero attached hydrogens (tertiary/aromatic N) is 1. The highest BCUT2D eigenvalue weighted by molar-refractivity contribution is 5.76. The normalized spacial score (nSPS) is 26.4. The highest BCUT2D eigenvalue weighted by Crippen LogP contribution is 2.16. The van der Waals surface area contributed by atoms with Crippen molar-refractivity contribution < 1.29 is 19.8 Å². The van der Waals surface area contributed by atoms with Gasteiger partial charge in [0.25, 0.3) is 0 Å². The molecule has 1 saturated heterocycles. The zero-order valence-corrected chi connectivity index (χ0v) is 10.2. The fraction of sp³-hybridized carbons (Fsp3) is 0.818. The predicted molar refractivity (Wildman–Crippen MR) is 61.6 cm³/mol. The maximum Gasteiger partial charge on any atom is 0.317 e. The monoisotopic (exact) mass is 244 g/mol. The molecule has 0 aromatic rings. The van der Waals surface area contributed by atoms with E-state index >= 15 is 0 Å². The Morgan fingerprint density at radius 3 is 2.71 bits per heavy atom. The van der Waals surface area contributed by atoms with Crippen molar-refractivity contribution in [1.82, 2.24) is 10.2 Å². The van der Waals surface area contributed by atoms with Gasteiger partial charge in [-0.2, -0.15) is 0 Å². The van der Waals surface area contributed by atoms with Gasteiger partial charge in [0.1, 0.15) is 0 Å². The molecule has 3 unspecified atom stereocenters. The van der Waals surface area contributed by atoms with E-state index < -0.39 is 18.1 Å². The Morgan fingerprint density at radius 1 is 1.53 bits per heavy atom. The van der Waals surface area contributed by atoms with Gasteiger partial charge in [0.2, 0.25) is 0 Å². The van der Waals surface area contributed by atoms with E-state index in [0.717, 1.165) is 6.42 Å². The van der Waals surface area contributed by atoms with Crippen molar-refractivity contribution in [2.75, 3.05) is 13.1 Å². The molecule has 0 aromatic carbocycles. The number of nitrogens with one attached hydrogen (secondary N) is 1. The number of carbonyl (C=O) groups is 2. The number of β-amino-alcohol motifs (C(OH)–C–C–N with tert-alkyl or cyclic N) is 1. The number of piperidine rings is 1. The largest absolute Gasteiger partial charge is 0.481 e. The highest BCUT2D eigenvalue weighted by Gasteiger charge is 2.27. The Hall–Kier alpha value is -1.30. The molecule has 1 fully saturated rings. The number of aliphatic hydroxyl groups excluding tert-OH is 1. The molecule has 1 rings (SSSR count). The molecule has 98 valence electrons. The van der Waals surface area contributed by atoms with Gasteiger partial charge in [-0.15, -0.1) is 0 Å². The third-order valence-electron chi connectivity index (χ3n) is 3.06. The van der Waals surface area contributed by atoms with Crippen molar-refractivity contribution in [2.24, 2.45) is 5.92 Å². The van der Waals surface area contributed by atoms with Gasteiger partial charge in [-0.1, -0.05) is 6.92 Å². The lowest BCUT2D eigenvalue weighted by Crippen LogP contribution is -2.51. The minimum atomic E-state index is -0.940. The van der Waals surface area contributed by atoms with Crippen LogP contribution in [0.1, 0.15) is 26.7 Å². The van der Waals surface area contributed by atoms with E-state index in [2.05, 4.69) is 5.32 Å². The van der Waals surface area contributed by atoms with Crippen molar-refractivity contribution in [3.05, 3.63) is 0 Å². The van der Waals surface area contributed by atoms with Crippen LogP contribution < -0.4 is 5.32 Å². The van der Waals surface area contributed by atoms with Gasteiger partial charge < -0.3 is 20.4 Å². The average molecular weight is 244 g/mol. The number of carbonyl (C=O) groups excluding carboxylic acids is 1. The first-order valence-corrected chi connectivity index (χ1v) is 5.85. The van der Waals surface area contributed by atoms with E-state index in [1.807, 2.05) is 6.92 Å². The van der Waals surface area contributed by atoms with Gasteiger partial charge in [-0.25, -0.2) is 4.79 Å². The van der Waals surface area contributed by atoms with E-state index in [1.54, 1.807) is 6.92 Å². The summed E-state index contributed by atoms with van der Waals surface area (Å²) in [6, 6.07) is -0.707. The van der Waals surface area contributed by atoms with Gasteiger partial charge in [0, 0.05) is 19.1 Å². The Kier molecular flexibility index (Phi) is 4.74. The summed E-state index contributed by atoms with van der Waals surface area (Å²) in [4.78, 5) is 23.7. The number of aliphatic carboxylic acids is 1. The molecule has 0 aromatic heterocycles. The summed E-state index contributed by atoms with van der Waals surface area (Å²) >= 11 is 0. The molecule has 0 spiro atoms. The fourth-order valence-corrected chi connectivity index (χ4v) is 1.85. The minimum absolute atomic E-state index is 0.0987. The van der Waals surface area contributed by atoms with Crippen molar-refractivity contribution >= 4 is 12.0 Å². The maximum absolute atomic E-state index is 11.8. The highest BCUT2D eigenvalue weighted by atomic mass is 16.4. The molecule has 0 saturated carbocycles. The van der Waals surface area contributed by atoms with E-state index in [0.29, 0.717) is 13.1 Å². The Labute approximate surface area is 101 Å². The Balaban J connectivity index is 2.40. The maximum atomic E-state index is 11.8. The number of carboxylic acid groups (broad SMARTS) is 1. The Morgan fingerprint density at radius 2 is 2.18 bits per heavy atom. The summed E-state index contributed by atoms with van der Waals surface area (Å²) in [6.07, 6.45) is 0.171. The molecule has 6 nitrogen and oxygen atoms in total. The van der Waals surface area contributed by atoms with Crippen LogP contribution >= 0.6 is 0 Å². The molecule has 3 atom stereocenters. The van der Waals surface area contributed by atoms with Crippen molar-refractivity contribution in [3.63, 3.8) is 0 Å². The van der Waals surface area contributed by atoms with Crippen LogP contribution in [0.25, 0.3) is 0 Å². The zero-order chi connectivity index (χ0) is 13.0. The van der Waals surface area contributed by atoms with Gasteiger partial charge in [-0.05, 0) is 19.3 Å². The lowest BCUT2D eigenvalue weighted by molar-refractivity contribution is -0.137. The number of hydrogen-bond donors (Lipinski definition) is 3. The van der Waals surface area contributed by atoms with Gasteiger partial charge in [-0.3, -0.25) is 4.79 Å². The van der Waals surface area contributed by atoms with Crippen LogP contribution in [0.2, 0.25) is 0 Å². The number of rotatable bonds is 3. The molecule has 17 heavy (non-hydrogen) atoms. The molecular weight excluding hydrogens is 224 g/mol. The number of urea groups is 1. The first kappa shape index (κ1) is 13.8. The van der Waals surface area contributed by atoms with Crippen LogP contribution in [0.5, 0.6) is 0 Å². The number of likely N-dealkylation sites (tertiary alicyclic amines) is 1. The van der Waals surface area contributed by atoms with Crippen LogP contribution in [0.15, 0.2) is 0 Å². The van der Waals surface area contributed by atoms with Crippen LogP contribution in [-0.2, 0) is 4.79 Å². The Bertz CT molecular complexity index is 295. The molecule has 0 bridgehead atoms. The van der Waals surface area contributed by atoms with Crippen molar-refractivity contribution in [1.29, 1.82) is 0 Å². The van der Waals surface area contributed by atoms with E-state index in [1.165, 1.54) is 4.90 Å². The quantitative estimate of drug-likeness (QED) is 0.664. The van der Waals surface area contributed by atoms with Crippen LogP contribution in [-0.4, -0.2) is 52.3 Å². The van der Waals surface area contributed by atoms with Gasteiger partial charge in [0.15, 0.2) is 0 Å². The third kappa shape index (κ3) is 4.22. The molecule has 1 heterocycles. The lowest BCUT2D eigenvalue weighted by Gasteiger charge is -2.34. The van der Waals surface area contributed by atoms with E-state index in [-0.39, 0.29) is 18.4 Å². The lowest BCUT2D eigenvalue weighted by atomic mass is 9.96. The average Bonchev–Trinajstić information content (AvgIpc) is 2.20. The molecule has 2 amide bonds. The number of hydrogen-bond acceptors (Lipinski definition) is 3. The van der Waals surface area contributed by atoms with Gasteiger partial charge in [0.05, 0.1) is 12.5 Å². The molecule has 0 aliphatic carbocycles. The number of aliphatic hydroxyl groups is 1. The van der Waals surface area contributed by atoms with Crippen molar-refractivity contribution in [3.8, 4) is 0 Å². The standard InChI is InChI=1S/C11H20N2O4/c1-7-3-4-13(6-9(7)14)11(17)12-8(2)5-10(15)16/h7-9,14H,3-6H2,1-2H3,(H,12,17)(H,15,16). The summed E-state index contributed by atoms with van der Waals surface area (Å²) in [5.74, 6) is -0.736. The second-order valence-electron chi connectivity index (χ2n) is 4.73. The van der Waals surface area contributed by atoms with E-state index in [9.17, 15) is 14.7 Å². The summed E-state index contributed by atoms with van der Waals surface area (Å²) in [6.45, 7) is 4.51. The molecule has 0 radical (unpaired) electrons.